The number of carboxylic acids is 1. The second kappa shape index (κ2) is 5.23. The molecule has 0 spiro atoms. The number of ether oxygens (including phenoxy) is 1. The highest BCUT2D eigenvalue weighted by atomic mass is 16.5. The van der Waals surface area contributed by atoms with E-state index < -0.39 is 5.97 Å². The normalized spacial score (nSPS) is 9.68. The van der Waals surface area contributed by atoms with Gasteiger partial charge in [-0.2, -0.15) is 5.26 Å². The number of carbonyl (C=O) groups is 1. The SMILES string of the molecule is Cc1c(Oc2ccc(C#N)cc2)cccc1C(=O)O. The average Bonchev–Trinajstić information content (AvgIpc) is 2.41. The van der Waals surface area contributed by atoms with Crippen molar-refractivity contribution < 1.29 is 14.6 Å². The fourth-order valence-corrected chi connectivity index (χ4v) is 1.68. The van der Waals surface area contributed by atoms with Crippen LogP contribution in [0.2, 0.25) is 0 Å². The molecule has 0 aliphatic carbocycles. The average molecular weight is 253 g/mol. The highest BCUT2D eigenvalue weighted by Crippen LogP contribution is 2.27. The van der Waals surface area contributed by atoms with Gasteiger partial charge in [0.05, 0.1) is 17.2 Å². The van der Waals surface area contributed by atoms with E-state index in [1.165, 1.54) is 6.07 Å². The number of nitriles is 1. The monoisotopic (exact) mass is 253 g/mol. The molecule has 0 unspecified atom stereocenters. The molecule has 2 aromatic rings. The number of benzene rings is 2. The second-order valence-corrected chi connectivity index (χ2v) is 3.97. The summed E-state index contributed by atoms with van der Waals surface area (Å²) in [7, 11) is 0. The van der Waals surface area contributed by atoms with E-state index in [0.29, 0.717) is 22.6 Å². The lowest BCUT2D eigenvalue weighted by atomic mass is 10.1. The Hall–Kier alpha value is -2.80. The summed E-state index contributed by atoms with van der Waals surface area (Å²) in [6.45, 7) is 1.70. The predicted octanol–water partition coefficient (Wildman–Crippen LogP) is 3.36. The second-order valence-electron chi connectivity index (χ2n) is 3.97. The molecule has 0 aromatic heterocycles. The van der Waals surface area contributed by atoms with E-state index in [-0.39, 0.29) is 5.56 Å². The zero-order valence-electron chi connectivity index (χ0n) is 10.3. The zero-order valence-corrected chi connectivity index (χ0v) is 10.3. The van der Waals surface area contributed by atoms with E-state index in [1.807, 2.05) is 6.07 Å². The van der Waals surface area contributed by atoms with E-state index >= 15 is 0 Å². The van der Waals surface area contributed by atoms with Crippen molar-refractivity contribution in [3.05, 3.63) is 59.2 Å². The van der Waals surface area contributed by atoms with Crippen LogP contribution in [0.15, 0.2) is 42.5 Å². The summed E-state index contributed by atoms with van der Waals surface area (Å²) in [5.74, 6) is 0.0667. The van der Waals surface area contributed by atoms with Crippen molar-refractivity contribution in [3.63, 3.8) is 0 Å². The molecule has 0 saturated carbocycles. The molecule has 19 heavy (non-hydrogen) atoms. The van der Waals surface area contributed by atoms with Gasteiger partial charge in [-0.15, -0.1) is 0 Å². The minimum absolute atomic E-state index is 0.214. The van der Waals surface area contributed by atoms with Crippen molar-refractivity contribution in [2.75, 3.05) is 0 Å². The van der Waals surface area contributed by atoms with E-state index in [0.717, 1.165) is 0 Å². The van der Waals surface area contributed by atoms with Gasteiger partial charge in [0.25, 0.3) is 0 Å². The summed E-state index contributed by atoms with van der Waals surface area (Å²) in [5.41, 5.74) is 1.33. The van der Waals surface area contributed by atoms with Gasteiger partial charge in [-0.05, 0) is 43.3 Å². The van der Waals surface area contributed by atoms with Crippen LogP contribution in [0.5, 0.6) is 11.5 Å². The summed E-state index contributed by atoms with van der Waals surface area (Å²) in [6, 6.07) is 13.5. The first-order valence-corrected chi connectivity index (χ1v) is 5.62. The highest BCUT2D eigenvalue weighted by Gasteiger charge is 2.11. The number of aromatic carboxylic acids is 1. The van der Waals surface area contributed by atoms with E-state index in [1.54, 1.807) is 43.3 Å². The van der Waals surface area contributed by atoms with Gasteiger partial charge in [-0.1, -0.05) is 6.07 Å². The fourth-order valence-electron chi connectivity index (χ4n) is 1.68. The molecule has 94 valence electrons. The van der Waals surface area contributed by atoms with Gasteiger partial charge >= 0.3 is 5.97 Å². The van der Waals surface area contributed by atoms with Crippen LogP contribution < -0.4 is 4.74 Å². The van der Waals surface area contributed by atoms with Crippen LogP contribution >= 0.6 is 0 Å². The number of hydrogen-bond acceptors (Lipinski definition) is 3. The number of hydrogen-bond donors (Lipinski definition) is 1. The Morgan fingerprint density at radius 2 is 1.89 bits per heavy atom. The van der Waals surface area contributed by atoms with Crippen molar-refractivity contribution in [2.24, 2.45) is 0 Å². The molecular weight excluding hydrogens is 242 g/mol. The van der Waals surface area contributed by atoms with Gasteiger partial charge in [0, 0.05) is 5.56 Å². The minimum atomic E-state index is -0.984. The Bertz CT molecular complexity index is 654. The maximum Gasteiger partial charge on any atom is 0.336 e. The third-order valence-electron chi connectivity index (χ3n) is 2.73. The largest absolute Gasteiger partial charge is 0.478 e. The van der Waals surface area contributed by atoms with Crippen molar-refractivity contribution >= 4 is 5.97 Å². The molecule has 4 nitrogen and oxygen atoms in total. The van der Waals surface area contributed by atoms with Gasteiger partial charge in [-0.3, -0.25) is 0 Å². The number of rotatable bonds is 3. The Kier molecular flexibility index (Phi) is 3.48. The zero-order chi connectivity index (χ0) is 13.8. The van der Waals surface area contributed by atoms with Crippen molar-refractivity contribution in [1.82, 2.24) is 0 Å². The molecule has 0 radical (unpaired) electrons. The molecule has 0 atom stereocenters. The van der Waals surface area contributed by atoms with E-state index in [4.69, 9.17) is 15.1 Å². The van der Waals surface area contributed by atoms with Crippen LogP contribution in [-0.2, 0) is 0 Å². The molecule has 2 aromatic carbocycles. The lowest BCUT2D eigenvalue weighted by Gasteiger charge is -2.10. The standard InChI is InChI=1S/C15H11NO3/c1-10-13(15(17)18)3-2-4-14(10)19-12-7-5-11(9-16)6-8-12/h2-8H,1H3,(H,17,18). The van der Waals surface area contributed by atoms with Gasteiger partial charge in [0.1, 0.15) is 11.5 Å². The molecule has 0 fully saturated rings. The van der Waals surface area contributed by atoms with E-state index in [2.05, 4.69) is 0 Å². The third-order valence-corrected chi connectivity index (χ3v) is 2.73. The molecule has 0 bridgehead atoms. The van der Waals surface area contributed by atoms with Gasteiger partial charge in [0.2, 0.25) is 0 Å². The molecule has 1 N–H and O–H groups in total. The predicted molar refractivity (Wildman–Crippen MR) is 69.4 cm³/mol. The van der Waals surface area contributed by atoms with Crippen LogP contribution in [-0.4, -0.2) is 11.1 Å². The molecule has 4 heteroatoms. The summed E-state index contributed by atoms with van der Waals surface area (Å²) < 4.78 is 5.63. The Balaban J connectivity index is 2.30. The minimum Gasteiger partial charge on any atom is -0.478 e. The summed E-state index contributed by atoms with van der Waals surface area (Å²) in [5, 5.41) is 17.7. The fraction of sp³-hybridized carbons (Fsp3) is 0.0667. The molecule has 0 amide bonds. The maximum atomic E-state index is 11.0. The number of nitrogens with zero attached hydrogens (tertiary/aromatic N) is 1. The van der Waals surface area contributed by atoms with Crippen LogP contribution in [0.4, 0.5) is 0 Å². The van der Waals surface area contributed by atoms with Crippen LogP contribution in [0.25, 0.3) is 0 Å². The maximum absolute atomic E-state index is 11.0. The van der Waals surface area contributed by atoms with Gasteiger partial charge in [-0.25, -0.2) is 4.79 Å². The van der Waals surface area contributed by atoms with Crippen LogP contribution in [0.3, 0.4) is 0 Å². The van der Waals surface area contributed by atoms with Crippen LogP contribution in [0, 0.1) is 18.3 Å². The Labute approximate surface area is 110 Å². The third kappa shape index (κ3) is 2.72. The first-order chi connectivity index (χ1) is 9.11. The molecule has 0 aliphatic heterocycles. The van der Waals surface area contributed by atoms with Gasteiger partial charge in [0.15, 0.2) is 0 Å². The molecule has 2 rings (SSSR count). The van der Waals surface area contributed by atoms with Crippen LogP contribution in [0.1, 0.15) is 21.5 Å². The highest BCUT2D eigenvalue weighted by molar-refractivity contribution is 5.90. The summed E-state index contributed by atoms with van der Waals surface area (Å²) >= 11 is 0. The lowest BCUT2D eigenvalue weighted by molar-refractivity contribution is 0.0695. The number of carboxylic acid groups (broad SMARTS) is 1. The van der Waals surface area contributed by atoms with Crippen molar-refractivity contribution in [3.8, 4) is 17.6 Å². The van der Waals surface area contributed by atoms with Crippen molar-refractivity contribution in [1.29, 1.82) is 5.26 Å². The quantitative estimate of drug-likeness (QED) is 0.910. The summed E-state index contributed by atoms with van der Waals surface area (Å²) in [6.07, 6.45) is 0. The molecule has 0 heterocycles. The molecular formula is C15H11NO3. The van der Waals surface area contributed by atoms with E-state index in [9.17, 15) is 4.79 Å². The first kappa shape index (κ1) is 12.7. The smallest absolute Gasteiger partial charge is 0.336 e. The van der Waals surface area contributed by atoms with Crippen molar-refractivity contribution in [2.45, 2.75) is 6.92 Å². The summed E-state index contributed by atoms with van der Waals surface area (Å²) in [4.78, 5) is 11.0. The first-order valence-electron chi connectivity index (χ1n) is 5.62. The van der Waals surface area contributed by atoms with Gasteiger partial charge < -0.3 is 9.84 Å². The Morgan fingerprint density at radius 1 is 1.21 bits per heavy atom. The Morgan fingerprint density at radius 3 is 2.47 bits per heavy atom. The lowest BCUT2D eigenvalue weighted by Crippen LogP contribution is -2.00. The molecule has 0 aliphatic rings. The molecule has 0 saturated heterocycles. The topological polar surface area (TPSA) is 70.3 Å².